The van der Waals surface area contributed by atoms with Crippen LogP contribution in [0.2, 0.25) is 0 Å². The maximum Gasteiger partial charge on any atom is 0.412 e. The molecule has 0 spiro atoms. The monoisotopic (exact) mass is 462 g/mol. The van der Waals surface area contributed by atoms with Crippen molar-refractivity contribution in [1.29, 1.82) is 0 Å². The molecule has 1 unspecified atom stereocenters. The summed E-state index contributed by atoms with van der Waals surface area (Å²) >= 11 is 0. The summed E-state index contributed by atoms with van der Waals surface area (Å²) in [6.45, 7) is 3.50. The van der Waals surface area contributed by atoms with Gasteiger partial charge in [0.25, 0.3) is 5.91 Å². The lowest BCUT2D eigenvalue weighted by molar-refractivity contribution is -0.140. The number of carboxylic acid groups (broad SMARTS) is 1. The molecule has 1 aromatic heterocycles. The molecule has 2 aromatic carbocycles. The first-order valence-electron chi connectivity index (χ1n) is 11.0. The second-order valence-corrected chi connectivity index (χ2v) is 8.51. The Morgan fingerprint density at radius 3 is 2.21 bits per heavy atom. The third-order valence-electron chi connectivity index (χ3n) is 5.97. The molecule has 0 saturated carbocycles. The van der Waals surface area contributed by atoms with Crippen LogP contribution in [0, 0.1) is 5.92 Å². The fourth-order valence-corrected chi connectivity index (χ4v) is 4.22. The number of carbonyl (C=O) groups is 3. The molecule has 1 aliphatic rings. The molecule has 1 heterocycles. The van der Waals surface area contributed by atoms with Crippen molar-refractivity contribution in [3.63, 3.8) is 0 Å². The highest BCUT2D eigenvalue weighted by Crippen LogP contribution is 2.44. The maximum absolute atomic E-state index is 12.7. The molecule has 2 amide bonds. The Hall–Kier alpha value is -4.14. The molecule has 9 heteroatoms. The first kappa shape index (κ1) is 23.0. The van der Waals surface area contributed by atoms with E-state index in [0.29, 0.717) is 0 Å². The summed E-state index contributed by atoms with van der Waals surface area (Å²) in [6, 6.07) is 15.0. The molecule has 0 radical (unpaired) electrons. The van der Waals surface area contributed by atoms with Gasteiger partial charge in [-0.1, -0.05) is 62.4 Å². The Morgan fingerprint density at radius 1 is 1.06 bits per heavy atom. The summed E-state index contributed by atoms with van der Waals surface area (Å²) in [6.07, 6.45) is 0.534. The molecule has 1 aliphatic carbocycles. The number of aromatic nitrogens is 2. The first-order valence-corrected chi connectivity index (χ1v) is 11.0. The Bertz CT molecular complexity index is 1200. The normalized spacial score (nSPS) is 13.2. The van der Waals surface area contributed by atoms with E-state index in [2.05, 4.69) is 27.9 Å². The van der Waals surface area contributed by atoms with E-state index < -0.39 is 24.0 Å². The SMILES string of the molecule is CC(C)C(NC(=O)c1cnn(C)c1NC(=O)OCC1c2ccccc2-c2ccccc21)C(=O)O. The van der Waals surface area contributed by atoms with Crippen molar-refractivity contribution < 1.29 is 24.2 Å². The van der Waals surface area contributed by atoms with Gasteiger partial charge in [0.1, 0.15) is 24.0 Å². The molecule has 3 N–H and O–H groups in total. The number of anilines is 1. The topological polar surface area (TPSA) is 123 Å². The molecule has 1 atom stereocenters. The number of rotatable bonds is 7. The number of amides is 2. The van der Waals surface area contributed by atoms with Crippen LogP contribution in [0.25, 0.3) is 11.1 Å². The van der Waals surface area contributed by atoms with Gasteiger partial charge in [-0.2, -0.15) is 5.10 Å². The number of carboxylic acids is 1. The van der Waals surface area contributed by atoms with Crippen LogP contribution >= 0.6 is 0 Å². The molecule has 34 heavy (non-hydrogen) atoms. The van der Waals surface area contributed by atoms with Gasteiger partial charge in [0.2, 0.25) is 0 Å². The van der Waals surface area contributed by atoms with Crippen LogP contribution in [0.4, 0.5) is 10.6 Å². The quantitative estimate of drug-likeness (QED) is 0.493. The number of hydrogen-bond acceptors (Lipinski definition) is 5. The lowest BCUT2D eigenvalue weighted by atomic mass is 9.98. The van der Waals surface area contributed by atoms with Gasteiger partial charge in [0.15, 0.2) is 0 Å². The fourth-order valence-electron chi connectivity index (χ4n) is 4.22. The third-order valence-corrected chi connectivity index (χ3v) is 5.97. The van der Waals surface area contributed by atoms with Crippen LogP contribution in [0.5, 0.6) is 0 Å². The smallest absolute Gasteiger partial charge is 0.412 e. The van der Waals surface area contributed by atoms with Crippen molar-refractivity contribution in [3.8, 4) is 11.1 Å². The predicted molar refractivity (Wildman–Crippen MR) is 126 cm³/mol. The van der Waals surface area contributed by atoms with E-state index in [1.807, 2.05) is 36.4 Å². The Balaban J connectivity index is 1.46. The van der Waals surface area contributed by atoms with Crippen molar-refractivity contribution in [2.75, 3.05) is 11.9 Å². The van der Waals surface area contributed by atoms with Crippen LogP contribution in [0.1, 0.15) is 41.3 Å². The maximum atomic E-state index is 12.7. The van der Waals surface area contributed by atoms with E-state index in [4.69, 9.17) is 4.74 Å². The number of nitrogens with one attached hydrogen (secondary N) is 2. The predicted octanol–water partition coefficient (Wildman–Crippen LogP) is 3.62. The lowest BCUT2D eigenvalue weighted by Crippen LogP contribution is -2.44. The number of hydrogen-bond donors (Lipinski definition) is 3. The van der Waals surface area contributed by atoms with Gasteiger partial charge in [-0.3, -0.25) is 14.8 Å². The number of aliphatic carboxylic acids is 1. The summed E-state index contributed by atoms with van der Waals surface area (Å²) in [4.78, 5) is 36.8. The first-order chi connectivity index (χ1) is 16.3. The van der Waals surface area contributed by atoms with Gasteiger partial charge < -0.3 is 15.2 Å². The third kappa shape index (κ3) is 4.36. The van der Waals surface area contributed by atoms with Crippen LogP contribution in [0.15, 0.2) is 54.7 Å². The van der Waals surface area contributed by atoms with Gasteiger partial charge in [-0.25, -0.2) is 9.59 Å². The summed E-state index contributed by atoms with van der Waals surface area (Å²) in [7, 11) is 1.56. The van der Waals surface area contributed by atoms with Gasteiger partial charge in [0, 0.05) is 13.0 Å². The molecule has 0 bridgehead atoms. The van der Waals surface area contributed by atoms with Crippen molar-refractivity contribution in [2.45, 2.75) is 25.8 Å². The molecule has 0 aliphatic heterocycles. The second-order valence-electron chi connectivity index (χ2n) is 8.51. The van der Waals surface area contributed by atoms with Gasteiger partial charge in [0.05, 0.1) is 6.20 Å². The van der Waals surface area contributed by atoms with Crippen LogP contribution in [0.3, 0.4) is 0 Å². The zero-order chi connectivity index (χ0) is 24.4. The Morgan fingerprint density at radius 2 is 1.65 bits per heavy atom. The average molecular weight is 463 g/mol. The average Bonchev–Trinajstić information content (AvgIpc) is 3.33. The highest BCUT2D eigenvalue weighted by Gasteiger charge is 2.30. The number of carbonyl (C=O) groups excluding carboxylic acids is 2. The minimum Gasteiger partial charge on any atom is -0.480 e. The van der Waals surface area contributed by atoms with Crippen molar-refractivity contribution >= 4 is 23.8 Å². The molecule has 0 fully saturated rings. The highest BCUT2D eigenvalue weighted by molar-refractivity contribution is 6.03. The standard InChI is InChI=1S/C25H26N4O5/c1-14(2)21(24(31)32)27-23(30)19-12-26-29(3)22(19)28-25(33)34-13-20-17-10-6-4-8-15(17)16-9-5-7-11-18(16)20/h4-12,14,20-21H,13H2,1-3H3,(H,27,30)(H,28,33)(H,31,32). The van der Waals surface area contributed by atoms with Gasteiger partial charge >= 0.3 is 12.1 Å². The molecule has 9 nitrogen and oxygen atoms in total. The zero-order valence-electron chi connectivity index (χ0n) is 19.1. The molecule has 176 valence electrons. The number of nitrogens with zero attached hydrogens (tertiary/aromatic N) is 2. The Labute approximate surface area is 196 Å². The molecular formula is C25H26N4O5. The molecule has 4 rings (SSSR count). The minimum absolute atomic E-state index is 0.0444. The van der Waals surface area contributed by atoms with E-state index in [0.717, 1.165) is 22.3 Å². The largest absolute Gasteiger partial charge is 0.480 e. The van der Waals surface area contributed by atoms with Crippen molar-refractivity contribution in [3.05, 3.63) is 71.4 Å². The van der Waals surface area contributed by atoms with Crippen LogP contribution in [-0.2, 0) is 16.6 Å². The number of aryl methyl sites for hydroxylation is 1. The fraction of sp³-hybridized carbons (Fsp3) is 0.280. The van der Waals surface area contributed by atoms with Gasteiger partial charge in [-0.15, -0.1) is 0 Å². The summed E-state index contributed by atoms with van der Waals surface area (Å²) < 4.78 is 6.86. The molecular weight excluding hydrogens is 436 g/mol. The van der Waals surface area contributed by atoms with E-state index >= 15 is 0 Å². The van der Waals surface area contributed by atoms with Gasteiger partial charge in [-0.05, 0) is 28.2 Å². The second kappa shape index (κ2) is 9.38. The minimum atomic E-state index is -1.14. The van der Waals surface area contributed by atoms with Crippen molar-refractivity contribution in [2.24, 2.45) is 13.0 Å². The number of benzene rings is 2. The van der Waals surface area contributed by atoms with E-state index in [1.165, 1.54) is 10.9 Å². The van der Waals surface area contributed by atoms with Crippen LogP contribution in [-0.4, -0.2) is 45.5 Å². The van der Waals surface area contributed by atoms with Crippen molar-refractivity contribution in [1.82, 2.24) is 15.1 Å². The summed E-state index contributed by atoms with van der Waals surface area (Å²) in [5.41, 5.74) is 4.46. The zero-order valence-corrected chi connectivity index (χ0v) is 19.1. The molecule has 0 saturated heterocycles. The van der Waals surface area contributed by atoms with E-state index in [1.54, 1.807) is 20.9 Å². The van der Waals surface area contributed by atoms with Crippen LogP contribution < -0.4 is 10.6 Å². The number of ether oxygens (including phenoxy) is 1. The van der Waals surface area contributed by atoms with E-state index in [-0.39, 0.29) is 29.8 Å². The summed E-state index contributed by atoms with van der Waals surface area (Å²) in [5.74, 6) is -2.10. The lowest BCUT2D eigenvalue weighted by Gasteiger charge is -2.18. The highest BCUT2D eigenvalue weighted by atomic mass is 16.5. The number of fused-ring (bicyclic) bond motifs is 3. The van der Waals surface area contributed by atoms with E-state index in [9.17, 15) is 19.5 Å². The summed E-state index contributed by atoms with van der Waals surface area (Å²) in [5, 5.41) is 18.4. The molecule has 3 aromatic rings. The Kier molecular flexibility index (Phi) is 6.36.